The number of alkyl halides is 2. The van der Waals surface area contributed by atoms with Gasteiger partial charge in [0.15, 0.2) is 0 Å². The van der Waals surface area contributed by atoms with Crippen LogP contribution in [0.4, 0.5) is 8.78 Å². The monoisotopic (exact) mass is 213 g/mol. The fourth-order valence-electron chi connectivity index (χ4n) is 1.14. The summed E-state index contributed by atoms with van der Waals surface area (Å²) in [7, 11) is 1.26. The van der Waals surface area contributed by atoms with Crippen LogP contribution in [0.1, 0.15) is 23.2 Å². The number of nitriles is 1. The summed E-state index contributed by atoms with van der Waals surface area (Å²) in [5.41, 5.74) is 5.10. The number of methoxy groups -OCH3 is 1. The zero-order valence-corrected chi connectivity index (χ0v) is 8.00. The molecule has 1 aromatic rings. The molecular formula is C9H9F2N3O. The van der Waals surface area contributed by atoms with E-state index in [1.807, 2.05) is 0 Å². The van der Waals surface area contributed by atoms with Crippen LogP contribution in [0.2, 0.25) is 0 Å². The molecule has 0 amide bonds. The van der Waals surface area contributed by atoms with Gasteiger partial charge in [-0.3, -0.25) is 0 Å². The van der Waals surface area contributed by atoms with Crippen molar-refractivity contribution in [2.45, 2.75) is 13.0 Å². The zero-order valence-electron chi connectivity index (χ0n) is 8.00. The first-order valence-electron chi connectivity index (χ1n) is 4.10. The smallest absolute Gasteiger partial charge is 0.280 e. The molecule has 0 fully saturated rings. The molecule has 6 heteroatoms. The maximum atomic E-state index is 12.5. The van der Waals surface area contributed by atoms with E-state index < -0.39 is 12.1 Å². The molecule has 1 rings (SSSR count). The van der Waals surface area contributed by atoms with Crippen LogP contribution in [0.15, 0.2) is 6.07 Å². The fourth-order valence-corrected chi connectivity index (χ4v) is 1.14. The Morgan fingerprint density at radius 2 is 2.33 bits per heavy atom. The van der Waals surface area contributed by atoms with Crippen LogP contribution in [0.3, 0.4) is 0 Å². The summed E-state index contributed by atoms with van der Waals surface area (Å²) >= 11 is 0. The standard InChI is InChI=1S/C9H9F2N3O/c1-15-9-6(4-13)2-5(3-12)7(14-9)8(10)11/h2,8H,3,12H2,1H3. The van der Waals surface area contributed by atoms with Gasteiger partial charge in [-0.1, -0.05) is 0 Å². The number of ether oxygens (including phenoxy) is 1. The van der Waals surface area contributed by atoms with Gasteiger partial charge in [-0.05, 0) is 11.6 Å². The molecule has 0 saturated carbocycles. The molecule has 4 nitrogen and oxygen atoms in total. The summed E-state index contributed by atoms with van der Waals surface area (Å²) in [6, 6.07) is 3.07. The first-order valence-corrected chi connectivity index (χ1v) is 4.10. The second-order valence-electron chi connectivity index (χ2n) is 2.71. The van der Waals surface area contributed by atoms with Crippen molar-refractivity contribution in [1.29, 1.82) is 5.26 Å². The van der Waals surface area contributed by atoms with Gasteiger partial charge in [-0.2, -0.15) is 5.26 Å². The first-order chi connectivity index (χ1) is 7.13. The highest BCUT2D eigenvalue weighted by Gasteiger charge is 2.18. The van der Waals surface area contributed by atoms with Gasteiger partial charge in [0.2, 0.25) is 5.88 Å². The number of pyridine rings is 1. The van der Waals surface area contributed by atoms with Crippen LogP contribution in [0.25, 0.3) is 0 Å². The van der Waals surface area contributed by atoms with Crippen LogP contribution in [0.5, 0.6) is 5.88 Å². The lowest BCUT2D eigenvalue weighted by Crippen LogP contribution is -2.07. The lowest BCUT2D eigenvalue weighted by molar-refractivity contribution is 0.143. The van der Waals surface area contributed by atoms with Crippen LogP contribution >= 0.6 is 0 Å². The highest BCUT2D eigenvalue weighted by atomic mass is 19.3. The number of nitrogens with zero attached hydrogens (tertiary/aromatic N) is 2. The lowest BCUT2D eigenvalue weighted by Gasteiger charge is -2.09. The summed E-state index contributed by atoms with van der Waals surface area (Å²) in [6.45, 7) is -0.0919. The quantitative estimate of drug-likeness (QED) is 0.822. The molecule has 0 aromatic carbocycles. The largest absolute Gasteiger partial charge is 0.480 e. The van der Waals surface area contributed by atoms with E-state index in [0.717, 1.165) is 0 Å². The number of nitrogens with two attached hydrogens (primary N) is 1. The minimum Gasteiger partial charge on any atom is -0.480 e. The Labute approximate surface area is 85.3 Å². The van der Waals surface area contributed by atoms with Crippen molar-refractivity contribution in [2.24, 2.45) is 5.73 Å². The van der Waals surface area contributed by atoms with Gasteiger partial charge in [0, 0.05) is 6.54 Å². The van der Waals surface area contributed by atoms with Crippen LogP contribution < -0.4 is 10.5 Å². The molecule has 1 heterocycles. The van der Waals surface area contributed by atoms with E-state index in [9.17, 15) is 8.78 Å². The minimum atomic E-state index is -2.73. The van der Waals surface area contributed by atoms with Crippen molar-refractivity contribution < 1.29 is 13.5 Å². The van der Waals surface area contributed by atoms with Crippen molar-refractivity contribution in [3.05, 3.63) is 22.9 Å². The van der Waals surface area contributed by atoms with Gasteiger partial charge in [-0.25, -0.2) is 13.8 Å². The van der Waals surface area contributed by atoms with Crippen molar-refractivity contribution in [3.8, 4) is 11.9 Å². The third-order valence-electron chi connectivity index (χ3n) is 1.84. The molecule has 2 N–H and O–H groups in total. The third-order valence-corrected chi connectivity index (χ3v) is 1.84. The molecule has 0 aliphatic heterocycles. The SMILES string of the molecule is COc1nc(C(F)F)c(CN)cc1C#N. The second kappa shape index (κ2) is 4.66. The molecule has 1 aromatic heterocycles. The predicted molar refractivity (Wildman–Crippen MR) is 48.4 cm³/mol. The fraction of sp³-hybridized carbons (Fsp3) is 0.333. The molecule has 15 heavy (non-hydrogen) atoms. The van der Waals surface area contributed by atoms with E-state index in [-0.39, 0.29) is 23.6 Å². The molecule has 0 atom stereocenters. The average Bonchev–Trinajstić information content (AvgIpc) is 2.26. The zero-order chi connectivity index (χ0) is 11.4. The Bertz CT molecular complexity index is 401. The maximum absolute atomic E-state index is 12.5. The normalized spacial score (nSPS) is 10.1. The van der Waals surface area contributed by atoms with E-state index in [4.69, 9.17) is 15.7 Å². The van der Waals surface area contributed by atoms with Gasteiger partial charge >= 0.3 is 0 Å². The molecule has 0 unspecified atom stereocenters. The molecular weight excluding hydrogens is 204 g/mol. The summed E-state index contributed by atoms with van der Waals surface area (Å²) in [6.07, 6.45) is -2.73. The minimum absolute atomic E-state index is 0.0919. The third kappa shape index (κ3) is 2.19. The topological polar surface area (TPSA) is 71.9 Å². The van der Waals surface area contributed by atoms with Crippen molar-refractivity contribution in [3.63, 3.8) is 0 Å². The van der Waals surface area contributed by atoms with E-state index in [0.29, 0.717) is 0 Å². The Hall–Kier alpha value is -1.74. The average molecular weight is 213 g/mol. The Morgan fingerprint density at radius 1 is 1.67 bits per heavy atom. The van der Waals surface area contributed by atoms with E-state index in [1.165, 1.54) is 13.2 Å². The van der Waals surface area contributed by atoms with Crippen molar-refractivity contribution >= 4 is 0 Å². The highest BCUT2D eigenvalue weighted by Crippen LogP contribution is 2.26. The molecule has 0 saturated heterocycles. The van der Waals surface area contributed by atoms with Crippen molar-refractivity contribution in [1.82, 2.24) is 4.98 Å². The first kappa shape index (κ1) is 11.3. The second-order valence-corrected chi connectivity index (χ2v) is 2.71. The Balaban J connectivity index is 3.36. The van der Waals surface area contributed by atoms with Crippen LogP contribution in [-0.2, 0) is 6.54 Å². The van der Waals surface area contributed by atoms with E-state index >= 15 is 0 Å². The molecule has 0 spiro atoms. The lowest BCUT2D eigenvalue weighted by atomic mass is 10.1. The number of hydrogen-bond donors (Lipinski definition) is 1. The summed E-state index contributed by atoms with van der Waals surface area (Å²) in [4.78, 5) is 3.56. The molecule has 0 aliphatic rings. The van der Waals surface area contributed by atoms with Gasteiger partial charge in [-0.15, -0.1) is 0 Å². The van der Waals surface area contributed by atoms with Crippen LogP contribution in [-0.4, -0.2) is 12.1 Å². The van der Waals surface area contributed by atoms with Gasteiger partial charge in [0.05, 0.1) is 7.11 Å². The van der Waals surface area contributed by atoms with Gasteiger partial charge < -0.3 is 10.5 Å². The number of halogens is 2. The van der Waals surface area contributed by atoms with Gasteiger partial charge in [0.1, 0.15) is 17.3 Å². The molecule has 0 aliphatic carbocycles. The predicted octanol–water partition coefficient (Wildman–Crippen LogP) is 1.36. The van der Waals surface area contributed by atoms with Crippen molar-refractivity contribution in [2.75, 3.05) is 7.11 Å². The van der Waals surface area contributed by atoms with Crippen LogP contribution in [0, 0.1) is 11.3 Å². The summed E-state index contributed by atoms with van der Waals surface area (Å²) in [5.74, 6) is -0.106. The number of rotatable bonds is 3. The Morgan fingerprint density at radius 3 is 2.73 bits per heavy atom. The Kier molecular flexibility index (Phi) is 3.52. The molecule has 0 radical (unpaired) electrons. The molecule has 80 valence electrons. The maximum Gasteiger partial charge on any atom is 0.280 e. The van der Waals surface area contributed by atoms with E-state index in [1.54, 1.807) is 6.07 Å². The highest BCUT2D eigenvalue weighted by molar-refractivity contribution is 5.42. The van der Waals surface area contributed by atoms with Gasteiger partial charge in [0.25, 0.3) is 6.43 Å². The molecule has 0 bridgehead atoms. The number of hydrogen-bond acceptors (Lipinski definition) is 4. The number of aromatic nitrogens is 1. The summed E-state index contributed by atoms with van der Waals surface area (Å²) < 4.78 is 29.7. The summed E-state index contributed by atoms with van der Waals surface area (Å²) in [5, 5.41) is 8.70. The van der Waals surface area contributed by atoms with E-state index in [2.05, 4.69) is 4.98 Å².